The number of rotatable bonds is 5. The van der Waals surface area contributed by atoms with Crippen molar-refractivity contribution in [2.24, 2.45) is 10.4 Å². The van der Waals surface area contributed by atoms with Gasteiger partial charge in [-0.15, -0.1) is 0 Å². The molecule has 7 heteroatoms. The molecule has 1 heterocycles. The van der Waals surface area contributed by atoms with Crippen LogP contribution >= 0.6 is 12.2 Å². The predicted molar refractivity (Wildman–Crippen MR) is 122 cm³/mol. The van der Waals surface area contributed by atoms with Crippen molar-refractivity contribution in [3.63, 3.8) is 0 Å². The zero-order chi connectivity index (χ0) is 20.9. The third-order valence-corrected chi connectivity index (χ3v) is 6.63. The molecule has 2 aliphatic carbocycles. The van der Waals surface area contributed by atoms with Crippen LogP contribution in [0, 0.1) is 5.41 Å². The molecule has 29 heavy (non-hydrogen) atoms. The van der Waals surface area contributed by atoms with Gasteiger partial charge in [-0.2, -0.15) is 0 Å². The molecule has 3 rings (SSSR count). The van der Waals surface area contributed by atoms with Crippen LogP contribution in [0.5, 0.6) is 0 Å². The molecule has 162 valence electrons. The van der Waals surface area contributed by atoms with Gasteiger partial charge in [0.05, 0.1) is 12.1 Å². The summed E-state index contributed by atoms with van der Waals surface area (Å²) in [5.74, 6) is 0.178. The van der Waals surface area contributed by atoms with Crippen molar-refractivity contribution in [2.45, 2.75) is 64.8 Å². The van der Waals surface area contributed by atoms with Crippen LogP contribution in [0.2, 0.25) is 0 Å². The van der Waals surface area contributed by atoms with Gasteiger partial charge in [-0.3, -0.25) is 14.7 Å². The van der Waals surface area contributed by atoms with Crippen LogP contribution in [0.3, 0.4) is 0 Å². The fraction of sp³-hybridized carbons (Fsp3) is 0.773. The monoisotopic (exact) mass is 420 g/mol. The summed E-state index contributed by atoms with van der Waals surface area (Å²) >= 11 is 5.62. The molecular formula is C22H36N4O2S. The lowest BCUT2D eigenvalue weighted by Gasteiger charge is -2.37. The summed E-state index contributed by atoms with van der Waals surface area (Å²) in [7, 11) is 0. The zero-order valence-corrected chi connectivity index (χ0v) is 18.8. The average molecular weight is 421 g/mol. The first kappa shape index (κ1) is 22.2. The van der Waals surface area contributed by atoms with Crippen LogP contribution in [-0.4, -0.2) is 77.3 Å². The van der Waals surface area contributed by atoms with Gasteiger partial charge < -0.3 is 15.3 Å². The van der Waals surface area contributed by atoms with Gasteiger partial charge in [-0.05, 0) is 30.5 Å². The van der Waals surface area contributed by atoms with E-state index < -0.39 is 0 Å². The highest BCUT2D eigenvalue weighted by Crippen LogP contribution is 2.35. The molecule has 1 saturated carbocycles. The Hall–Kier alpha value is -1.47. The summed E-state index contributed by atoms with van der Waals surface area (Å²) in [6.07, 6.45) is 9.04. The summed E-state index contributed by atoms with van der Waals surface area (Å²) in [5.41, 5.74) is 0.234. The van der Waals surface area contributed by atoms with Crippen molar-refractivity contribution >= 4 is 29.3 Å². The number of aliphatic hydroxyl groups excluding tert-OH is 1. The van der Waals surface area contributed by atoms with Crippen LogP contribution in [0.1, 0.15) is 58.8 Å². The van der Waals surface area contributed by atoms with Gasteiger partial charge in [0, 0.05) is 57.8 Å². The second kappa shape index (κ2) is 10.0. The maximum atomic E-state index is 12.2. The van der Waals surface area contributed by atoms with E-state index in [1.807, 2.05) is 13.8 Å². The standard InChI is InChI=1S/C22H36N4O2S/c1-22(2)14-19(27)18(20(28)15-22)16-23-8-9-25-10-12-26(13-11-25)21(29)24-17-6-4-3-5-7-17/h16-17,27H,3-15H2,1-2H3,(H,24,29). The Morgan fingerprint density at radius 2 is 1.90 bits per heavy atom. The molecule has 1 saturated heterocycles. The van der Waals surface area contributed by atoms with Gasteiger partial charge >= 0.3 is 0 Å². The number of aliphatic hydroxyl groups is 1. The van der Waals surface area contributed by atoms with Crippen molar-refractivity contribution in [3.8, 4) is 0 Å². The number of hydrogen-bond donors (Lipinski definition) is 2. The molecule has 2 N–H and O–H groups in total. The number of carbonyl (C=O) groups is 1. The van der Waals surface area contributed by atoms with E-state index in [9.17, 15) is 9.90 Å². The number of Topliss-reactive ketones (excluding diaryl/α,β-unsaturated/α-hetero) is 1. The number of hydrogen-bond acceptors (Lipinski definition) is 5. The second-order valence-electron chi connectivity index (χ2n) is 9.45. The van der Waals surface area contributed by atoms with Crippen LogP contribution in [0.4, 0.5) is 0 Å². The molecule has 2 fully saturated rings. The van der Waals surface area contributed by atoms with Gasteiger partial charge in [0.15, 0.2) is 10.9 Å². The summed E-state index contributed by atoms with van der Waals surface area (Å²) in [6, 6.07) is 0.558. The van der Waals surface area contributed by atoms with Crippen molar-refractivity contribution < 1.29 is 9.90 Å². The van der Waals surface area contributed by atoms with E-state index in [0.29, 0.717) is 31.0 Å². The molecule has 0 aromatic heterocycles. The largest absolute Gasteiger partial charge is 0.511 e. The van der Waals surface area contributed by atoms with Gasteiger partial charge in [0.25, 0.3) is 0 Å². The highest BCUT2D eigenvalue weighted by atomic mass is 32.1. The first-order valence-electron chi connectivity index (χ1n) is 11.1. The molecule has 0 radical (unpaired) electrons. The van der Waals surface area contributed by atoms with Crippen LogP contribution < -0.4 is 5.32 Å². The van der Waals surface area contributed by atoms with E-state index >= 15 is 0 Å². The fourth-order valence-electron chi connectivity index (χ4n) is 4.49. The second-order valence-corrected chi connectivity index (χ2v) is 9.84. The summed E-state index contributed by atoms with van der Waals surface area (Å²) in [5, 5.41) is 14.6. The normalized spacial score (nSPS) is 24.3. The van der Waals surface area contributed by atoms with Gasteiger partial charge in [-0.25, -0.2) is 0 Å². The third kappa shape index (κ3) is 6.51. The molecule has 0 bridgehead atoms. The van der Waals surface area contributed by atoms with Crippen molar-refractivity contribution in [3.05, 3.63) is 11.3 Å². The van der Waals surface area contributed by atoms with E-state index in [1.165, 1.54) is 32.1 Å². The van der Waals surface area contributed by atoms with Gasteiger partial charge in [0.2, 0.25) is 0 Å². The lowest BCUT2D eigenvalue weighted by Crippen LogP contribution is -2.53. The number of aliphatic imine (C=N–C) groups is 1. The van der Waals surface area contributed by atoms with Gasteiger partial charge in [0.1, 0.15) is 5.76 Å². The molecule has 0 amide bonds. The highest BCUT2D eigenvalue weighted by Gasteiger charge is 2.32. The Labute approximate surface area is 180 Å². The van der Waals surface area contributed by atoms with E-state index in [0.717, 1.165) is 37.8 Å². The topological polar surface area (TPSA) is 68.2 Å². The van der Waals surface area contributed by atoms with Crippen LogP contribution in [0.25, 0.3) is 0 Å². The lowest BCUT2D eigenvalue weighted by molar-refractivity contribution is -0.117. The lowest BCUT2D eigenvalue weighted by atomic mass is 9.77. The van der Waals surface area contributed by atoms with Gasteiger partial charge in [-0.1, -0.05) is 33.1 Å². The quantitative estimate of drug-likeness (QED) is 0.526. The number of nitrogens with one attached hydrogen (secondary N) is 1. The van der Waals surface area contributed by atoms with E-state index in [2.05, 4.69) is 20.1 Å². The van der Waals surface area contributed by atoms with Crippen molar-refractivity contribution in [2.75, 3.05) is 39.3 Å². The van der Waals surface area contributed by atoms with Crippen LogP contribution in [-0.2, 0) is 4.79 Å². The Morgan fingerprint density at radius 3 is 2.55 bits per heavy atom. The maximum absolute atomic E-state index is 12.2. The minimum absolute atomic E-state index is 0.00454. The summed E-state index contributed by atoms with van der Waals surface area (Å²) < 4.78 is 0. The first-order valence-corrected chi connectivity index (χ1v) is 11.5. The average Bonchev–Trinajstić information content (AvgIpc) is 2.67. The molecule has 6 nitrogen and oxygen atoms in total. The molecule has 0 unspecified atom stereocenters. The summed E-state index contributed by atoms with van der Waals surface area (Å²) in [6.45, 7) is 9.35. The molecule has 3 aliphatic rings. The third-order valence-electron chi connectivity index (χ3n) is 6.25. The molecule has 0 atom stereocenters. The van der Waals surface area contributed by atoms with Crippen molar-refractivity contribution in [1.82, 2.24) is 15.1 Å². The number of piperazine rings is 1. The van der Waals surface area contributed by atoms with E-state index in [4.69, 9.17) is 12.2 Å². The molecular weight excluding hydrogens is 384 g/mol. The Morgan fingerprint density at radius 1 is 1.21 bits per heavy atom. The number of carbonyl (C=O) groups excluding carboxylic acids is 1. The smallest absolute Gasteiger partial charge is 0.169 e. The number of thiocarbonyl (C=S) groups is 1. The Kier molecular flexibility index (Phi) is 7.68. The summed E-state index contributed by atoms with van der Waals surface area (Å²) in [4.78, 5) is 21.3. The van der Waals surface area contributed by atoms with E-state index in [1.54, 1.807) is 6.21 Å². The number of allylic oxidation sites excluding steroid dienone is 2. The number of ketones is 1. The first-order chi connectivity index (χ1) is 13.8. The fourth-order valence-corrected chi connectivity index (χ4v) is 4.84. The highest BCUT2D eigenvalue weighted by molar-refractivity contribution is 7.80. The zero-order valence-electron chi connectivity index (χ0n) is 18.0. The Bertz CT molecular complexity index is 660. The minimum atomic E-state index is -0.162. The minimum Gasteiger partial charge on any atom is -0.511 e. The molecule has 0 aromatic carbocycles. The Balaban J connectivity index is 1.37. The predicted octanol–water partition coefficient (Wildman–Crippen LogP) is 3.08. The molecule has 1 aliphatic heterocycles. The SMILES string of the molecule is CC1(C)CC(=O)C(C=NCCN2CCN(C(=S)NC3CCCCC3)CC2)=C(O)C1. The number of nitrogens with zero attached hydrogens (tertiary/aromatic N) is 3. The van der Waals surface area contributed by atoms with Crippen LogP contribution in [0.15, 0.2) is 16.3 Å². The van der Waals surface area contributed by atoms with Crippen molar-refractivity contribution in [1.29, 1.82) is 0 Å². The molecule has 0 aromatic rings. The molecule has 0 spiro atoms. The van der Waals surface area contributed by atoms with E-state index in [-0.39, 0.29) is 17.0 Å². The maximum Gasteiger partial charge on any atom is 0.169 e.